The molecule has 2 N–H and O–H groups in total. The fourth-order valence-electron chi connectivity index (χ4n) is 3.13. The van der Waals surface area contributed by atoms with Crippen molar-refractivity contribution in [3.63, 3.8) is 0 Å². The molecule has 6 heteroatoms. The van der Waals surface area contributed by atoms with E-state index < -0.39 is 12.1 Å². The Balaban J connectivity index is 1.51. The highest BCUT2D eigenvalue weighted by Gasteiger charge is 2.21. The fourth-order valence-corrected chi connectivity index (χ4v) is 3.13. The van der Waals surface area contributed by atoms with Gasteiger partial charge >= 0.3 is 5.97 Å². The number of carbonyl (C=O) groups is 2. The van der Waals surface area contributed by atoms with Gasteiger partial charge in [-0.25, -0.2) is 4.79 Å². The summed E-state index contributed by atoms with van der Waals surface area (Å²) >= 11 is 0. The molecule has 0 unspecified atom stereocenters. The number of rotatable bonds is 5. The van der Waals surface area contributed by atoms with Crippen LogP contribution >= 0.6 is 0 Å². The van der Waals surface area contributed by atoms with Crippen molar-refractivity contribution in [1.29, 1.82) is 0 Å². The number of benzene rings is 1. The van der Waals surface area contributed by atoms with E-state index in [0.29, 0.717) is 18.0 Å². The minimum Gasteiger partial charge on any atom is -0.449 e. The van der Waals surface area contributed by atoms with E-state index in [1.54, 1.807) is 31.3 Å². The monoisotopic (exact) mass is 329 g/mol. The number of ether oxygens (including phenoxy) is 1. The van der Waals surface area contributed by atoms with Crippen LogP contribution in [0.2, 0.25) is 0 Å². The number of hydrogen-bond donors (Lipinski definition) is 2. The molecule has 0 saturated heterocycles. The topological polar surface area (TPSA) is 84.1 Å². The number of H-pyrrole nitrogens is 1. The lowest BCUT2D eigenvalue weighted by Crippen LogP contribution is -2.38. The van der Waals surface area contributed by atoms with E-state index in [1.165, 1.54) is 32.1 Å². The smallest absolute Gasteiger partial charge is 0.338 e. The summed E-state index contributed by atoms with van der Waals surface area (Å²) in [6.45, 7) is 2.27. The summed E-state index contributed by atoms with van der Waals surface area (Å²) < 4.78 is 5.28. The Kier molecular flexibility index (Phi) is 5.13. The number of nitrogens with one attached hydrogen (secondary N) is 2. The molecule has 0 aliphatic heterocycles. The van der Waals surface area contributed by atoms with Crippen molar-refractivity contribution < 1.29 is 14.3 Å². The zero-order valence-corrected chi connectivity index (χ0v) is 13.9. The van der Waals surface area contributed by atoms with Gasteiger partial charge in [0, 0.05) is 11.9 Å². The summed E-state index contributed by atoms with van der Waals surface area (Å²) in [5.74, 6) is -0.197. The number of esters is 1. The number of fused-ring (bicyclic) bond motifs is 1. The Morgan fingerprint density at radius 1 is 1.33 bits per heavy atom. The summed E-state index contributed by atoms with van der Waals surface area (Å²) in [5.41, 5.74) is 1.16. The van der Waals surface area contributed by atoms with Gasteiger partial charge in [-0.3, -0.25) is 9.89 Å². The second kappa shape index (κ2) is 7.47. The van der Waals surface area contributed by atoms with Gasteiger partial charge in [-0.05, 0) is 37.8 Å². The van der Waals surface area contributed by atoms with Crippen molar-refractivity contribution in [1.82, 2.24) is 15.5 Å². The SMILES string of the molecule is C[C@@H](OC(=O)c1ccc2cn[nH]c2c1)C(=O)NCC1CCCCC1. The van der Waals surface area contributed by atoms with Crippen molar-refractivity contribution in [3.8, 4) is 0 Å². The van der Waals surface area contributed by atoms with E-state index in [0.717, 1.165) is 10.9 Å². The highest BCUT2D eigenvalue weighted by molar-refractivity contribution is 5.95. The number of carbonyl (C=O) groups excluding carboxylic acids is 2. The van der Waals surface area contributed by atoms with Gasteiger partial charge in [0.05, 0.1) is 17.3 Å². The van der Waals surface area contributed by atoms with Crippen LogP contribution < -0.4 is 5.32 Å². The van der Waals surface area contributed by atoms with Gasteiger partial charge in [0.2, 0.25) is 0 Å². The van der Waals surface area contributed by atoms with Crippen molar-refractivity contribution >= 4 is 22.8 Å². The van der Waals surface area contributed by atoms with Crippen LogP contribution in [-0.4, -0.2) is 34.7 Å². The number of nitrogens with zero attached hydrogens (tertiary/aromatic N) is 1. The normalized spacial score (nSPS) is 16.7. The minimum absolute atomic E-state index is 0.239. The molecule has 24 heavy (non-hydrogen) atoms. The molecule has 1 fully saturated rings. The highest BCUT2D eigenvalue weighted by Crippen LogP contribution is 2.22. The van der Waals surface area contributed by atoms with Gasteiger partial charge in [-0.15, -0.1) is 0 Å². The summed E-state index contributed by atoms with van der Waals surface area (Å²) in [7, 11) is 0. The molecule has 3 rings (SSSR count). The van der Waals surface area contributed by atoms with Crippen molar-refractivity contribution in [2.45, 2.75) is 45.1 Å². The summed E-state index contributed by atoms with van der Waals surface area (Å²) in [5, 5.41) is 10.6. The van der Waals surface area contributed by atoms with E-state index in [1.807, 2.05) is 0 Å². The molecular formula is C18H23N3O3. The molecule has 1 saturated carbocycles. The first kappa shape index (κ1) is 16.5. The third kappa shape index (κ3) is 3.93. The lowest BCUT2D eigenvalue weighted by molar-refractivity contribution is -0.129. The molecule has 1 aliphatic rings. The molecule has 1 aromatic carbocycles. The average molecular weight is 329 g/mol. The van der Waals surface area contributed by atoms with Crippen LogP contribution in [-0.2, 0) is 9.53 Å². The lowest BCUT2D eigenvalue weighted by atomic mass is 9.89. The van der Waals surface area contributed by atoms with E-state index in [9.17, 15) is 9.59 Å². The summed E-state index contributed by atoms with van der Waals surface area (Å²) in [6, 6.07) is 5.15. The maximum absolute atomic E-state index is 12.2. The lowest BCUT2D eigenvalue weighted by Gasteiger charge is -2.22. The molecular weight excluding hydrogens is 306 g/mol. The van der Waals surface area contributed by atoms with Gasteiger partial charge in [0.15, 0.2) is 6.10 Å². The molecule has 1 heterocycles. The largest absolute Gasteiger partial charge is 0.449 e. The molecule has 0 radical (unpaired) electrons. The zero-order chi connectivity index (χ0) is 16.9. The Labute approximate surface area is 141 Å². The maximum Gasteiger partial charge on any atom is 0.338 e. The molecule has 1 aliphatic carbocycles. The standard InChI is InChI=1S/C18H23N3O3/c1-12(17(22)19-10-13-5-3-2-4-6-13)24-18(23)14-7-8-15-11-20-21-16(15)9-14/h7-9,11-13H,2-6,10H2,1H3,(H,19,22)(H,20,21)/t12-/m1/s1. The van der Waals surface area contributed by atoms with Crippen LogP contribution in [0.1, 0.15) is 49.4 Å². The van der Waals surface area contributed by atoms with Crippen molar-refractivity contribution in [2.75, 3.05) is 6.54 Å². The fraction of sp³-hybridized carbons (Fsp3) is 0.500. The molecule has 0 spiro atoms. The quantitative estimate of drug-likeness (QED) is 0.826. The van der Waals surface area contributed by atoms with Crippen molar-refractivity contribution in [2.24, 2.45) is 5.92 Å². The number of aromatic nitrogens is 2. The molecule has 2 aromatic rings. The first-order valence-corrected chi connectivity index (χ1v) is 8.55. The van der Waals surface area contributed by atoms with Crippen LogP contribution in [0.5, 0.6) is 0 Å². The number of amides is 1. The Hall–Kier alpha value is -2.37. The van der Waals surface area contributed by atoms with Crippen LogP contribution in [0, 0.1) is 5.92 Å². The Morgan fingerprint density at radius 2 is 2.12 bits per heavy atom. The third-order valence-corrected chi connectivity index (χ3v) is 4.62. The summed E-state index contributed by atoms with van der Waals surface area (Å²) in [4.78, 5) is 24.3. The predicted molar refractivity (Wildman–Crippen MR) is 90.6 cm³/mol. The van der Waals surface area contributed by atoms with E-state index in [4.69, 9.17) is 4.74 Å². The first-order chi connectivity index (χ1) is 11.6. The molecule has 1 amide bonds. The minimum atomic E-state index is -0.807. The highest BCUT2D eigenvalue weighted by atomic mass is 16.5. The van der Waals surface area contributed by atoms with Crippen LogP contribution in [0.25, 0.3) is 10.9 Å². The predicted octanol–water partition coefficient (Wildman–Crippen LogP) is 2.80. The van der Waals surface area contributed by atoms with Crippen LogP contribution in [0.4, 0.5) is 0 Å². The van der Waals surface area contributed by atoms with E-state index in [-0.39, 0.29) is 5.91 Å². The number of hydrogen-bond acceptors (Lipinski definition) is 4. The first-order valence-electron chi connectivity index (χ1n) is 8.55. The Bertz CT molecular complexity index is 719. The van der Waals surface area contributed by atoms with Gasteiger partial charge in [-0.1, -0.05) is 25.3 Å². The molecule has 128 valence electrons. The second-order valence-corrected chi connectivity index (χ2v) is 6.47. The third-order valence-electron chi connectivity index (χ3n) is 4.62. The van der Waals surface area contributed by atoms with Gasteiger partial charge in [0.25, 0.3) is 5.91 Å². The van der Waals surface area contributed by atoms with Crippen molar-refractivity contribution in [3.05, 3.63) is 30.0 Å². The van der Waals surface area contributed by atoms with Crippen LogP contribution in [0.3, 0.4) is 0 Å². The molecule has 1 aromatic heterocycles. The van der Waals surface area contributed by atoms with Gasteiger partial charge < -0.3 is 10.1 Å². The maximum atomic E-state index is 12.2. The van der Waals surface area contributed by atoms with Gasteiger partial charge in [-0.2, -0.15) is 5.10 Å². The zero-order valence-electron chi connectivity index (χ0n) is 13.9. The van der Waals surface area contributed by atoms with Crippen LogP contribution in [0.15, 0.2) is 24.4 Å². The average Bonchev–Trinajstić information content (AvgIpc) is 3.08. The number of aromatic amines is 1. The van der Waals surface area contributed by atoms with E-state index >= 15 is 0 Å². The second-order valence-electron chi connectivity index (χ2n) is 6.47. The molecule has 0 bridgehead atoms. The molecule has 6 nitrogen and oxygen atoms in total. The molecule has 1 atom stereocenters. The van der Waals surface area contributed by atoms with E-state index in [2.05, 4.69) is 15.5 Å². The summed E-state index contributed by atoms with van der Waals surface area (Å²) in [6.07, 6.45) is 6.98. The Morgan fingerprint density at radius 3 is 2.92 bits per heavy atom. The van der Waals surface area contributed by atoms with Gasteiger partial charge in [0.1, 0.15) is 0 Å².